The third kappa shape index (κ3) is 4.64. The maximum Gasteiger partial charge on any atom is 0.237 e. The van der Waals surface area contributed by atoms with Gasteiger partial charge in [0.2, 0.25) is 11.8 Å². The Hall–Kier alpha value is -1.10. The van der Waals surface area contributed by atoms with Crippen molar-refractivity contribution >= 4 is 11.8 Å². The first kappa shape index (κ1) is 15.0. The Kier molecular flexibility index (Phi) is 6.12. The molecule has 1 aliphatic rings. The summed E-state index contributed by atoms with van der Waals surface area (Å²) in [4.78, 5) is 23.0. The van der Waals surface area contributed by atoms with Crippen molar-refractivity contribution in [2.45, 2.75) is 64.6 Å². The molecular formula is C13H25N3O2. The van der Waals surface area contributed by atoms with Gasteiger partial charge in [0.25, 0.3) is 0 Å². The SMILES string of the molecule is CCC(CC)NC(=O)C(C)NC1CCC(=O)NC1. The maximum atomic E-state index is 11.9. The van der Waals surface area contributed by atoms with Gasteiger partial charge in [0, 0.05) is 25.0 Å². The Morgan fingerprint density at radius 1 is 1.44 bits per heavy atom. The lowest BCUT2D eigenvalue weighted by atomic mass is 10.1. The topological polar surface area (TPSA) is 70.2 Å². The molecule has 0 radical (unpaired) electrons. The van der Waals surface area contributed by atoms with Crippen LogP contribution in [0.5, 0.6) is 0 Å². The van der Waals surface area contributed by atoms with Crippen LogP contribution in [0.15, 0.2) is 0 Å². The Balaban J connectivity index is 2.33. The van der Waals surface area contributed by atoms with Crippen LogP contribution in [0.3, 0.4) is 0 Å². The Labute approximate surface area is 109 Å². The molecule has 0 aromatic carbocycles. The molecule has 1 heterocycles. The molecule has 1 rings (SSSR count). The number of piperidine rings is 1. The van der Waals surface area contributed by atoms with Crippen molar-refractivity contribution in [1.82, 2.24) is 16.0 Å². The highest BCUT2D eigenvalue weighted by molar-refractivity contribution is 5.81. The van der Waals surface area contributed by atoms with E-state index >= 15 is 0 Å². The first-order valence-electron chi connectivity index (χ1n) is 6.89. The highest BCUT2D eigenvalue weighted by Crippen LogP contribution is 2.04. The van der Waals surface area contributed by atoms with Gasteiger partial charge in [-0.05, 0) is 26.2 Å². The third-order valence-corrected chi connectivity index (χ3v) is 3.48. The van der Waals surface area contributed by atoms with E-state index in [0.717, 1.165) is 19.3 Å². The molecule has 0 aromatic rings. The predicted octanol–water partition coefficient (Wildman–Crippen LogP) is 0.548. The molecule has 2 atom stereocenters. The summed E-state index contributed by atoms with van der Waals surface area (Å²) in [6.45, 7) is 6.63. The third-order valence-electron chi connectivity index (χ3n) is 3.48. The molecule has 1 saturated heterocycles. The molecule has 0 aliphatic carbocycles. The van der Waals surface area contributed by atoms with Gasteiger partial charge in [-0.2, -0.15) is 0 Å². The molecule has 0 aromatic heterocycles. The summed E-state index contributed by atoms with van der Waals surface area (Å²) < 4.78 is 0. The second kappa shape index (κ2) is 7.36. The van der Waals surface area contributed by atoms with Crippen LogP contribution < -0.4 is 16.0 Å². The van der Waals surface area contributed by atoms with E-state index < -0.39 is 0 Å². The van der Waals surface area contributed by atoms with Crippen LogP contribution in [0.1, 0.15) is 46.5 Å². The summed E-state index contributed by atoms with van der Waals surface area (Å²) in [5.74, 6) is 0.141. The van der Waals surface area contributed by atoms with E-state index in [1.807, 2.05) is 6.92 Å². The molecule has 2 amide bonds. The lowest BCUT2D eigenvalue weighted by Gasteiger charge is -2.27. The zero-order valence-electron chi connectivity index (χ0n) is 11.6. The fraction of sp³-hybridized carbons (Fsp3) is 0.846. The average Bonchev–Trinajstić information content (AvgIpc) is 2.38. The quantitative estimate of drug-likeness (QED) is 0.649. The number of rotatable bonds is 6. The van der Waals surface area contributed by atoms with Crippen LogP contribution >= 0.6 is 0 Å². The van der Waals surface area contributed by atoms with E-state index in [1.165, 1.54) is 0 Å². The maximum absolute atomic E-state index is 11.9. The van der Waals surface area contributed by atoms with Gasteiger partial charge >= 0.3 is 0 Å². The lowest BCUT2D eigenvalue weighted by molar-refractivity contribution is -0.124. The fourth-order valence-corrected chi connectivity index (χ4v) is 2.12. The summed E-state index contributed by atoms with van der Waals surface area (Å²) in [6.07, 6.45) is 3.25. The standard InChI is InChI=1S/C13H25N3O2/c1-4-10(5-2)16-13(18)9(3)15-11-6-7-12(17)14-8-11/h9-11,15H,4-8H2,1-3H3,(H,14,17)(H,16,18). The second-order valence-electron chi connectivity index (χ2n) is 4.95. The van der Waals surface area contributed by atoms with E-state index in [2.05, 4.69) is 29.8 Å². The molecule has 0 saturated carbocycles. The smallest absolute Gasteiger partial charge is 0.237 e. The summed E-state index contributed by atoms with van der Waals surface area (Å²) in [5, 5.41) is 9.10. The highest BCUT2D eigenvalue weighted by atomic mass is 16.2. The number of carbonyl (C=O) groups excluding carboxylic acids is 2. The second-order valence-corrected chi connectivity index (χ2v) is 4.95. The fourth-order valence-electron chi connectivity index (χ4n) is 2.12. The molecule has 3 N–H and O–H groups in total. The van der Waals surface area contributed by atoms with Gasteiger partial charge in [-0.25, -0.2) is 0 Å². The van der Waals surface area contributed by atoms with Crippen molar-refractivity contribution in [2.75, 3.05) is 6.54 Å². The van der Waals surface area contributed by atoms with E-state index in [9.17, 15) is 9.59 Å². The van der Waals surface area contributed by atoms with Gasteiger partial charge in [0.05, 0.1) is 6.04 Å². The van der Waals surface area contributed by atoms with Gasteiger partial charge in [-0.15, -0.1) is 0 Å². The molecular weight excluding hydrogens is 230 g/mol. The number of hydrogen-bond acceptors (Lipinski definition) is 3. The van der Waals surface area contributed by atoms with Crippen molar-refractivity contribution in [3.05, 3.63) is 0 Å². The molecule has 5 heteroatoms. The van der Waals surface area contributed by atoms with Crippen molar-refractivity contribution in [2.24, 2.45) is 0 Å². The summed E-state index contributed by atoms with van der Waals surface area (Å²) in [7, 11) is 0. The number of carbonyl (C=O) groups is 2. The monoisotopic (exact) mass is 255 g/mol. The first-order chi connectivity index (χ1) is 8.56. The minimum absolute atomic E-state index is 0.0422. The zero-order chi connectivity index (χ0) is 13.5. The van der Waals surface area contributed by atoms with Crippen LogP contribution in [0.25, 0.3) is 0 Å². The van der Waals surface area contributed by atoms with Gasteiger partial charge in [-0.3, -0.25) is 9.59 Å². The molecule has 18 heavy (non-hydrogen) atoms. The Morgan fingerprint density at radius 3 is 2.61 bits per heavy atom. The van der Waals surface area contributed by atoms with Gasteiger partial charge < -0.3 is 16.0 Å². The predicted molar refractivity (Wildman–Crippen MR) is 71.1 cm³/mol. The molecule has 5 nitrogen and oxygen atoms in total. The van der Waals surface area contributed by atoms with E-state index in [-0.39, 0.29) is 29.9 Å². The Morgan fingerprint density at radius 2 is 2.11 bits per heavy atom. The van der Waals surface area contributed by atoms with Crippen LogP contribution in [0, 0.1) is 0 Å². The molecule has 1 fully saturated rings. The number of amides is 2. The van der Waals surface area contributed by atoms with Crippen LogP contribution in [0.4, 0.5) is 0 Å². The van der Waals surface area contributed by atoms with Crippen molar-refractivity contribution < 1.29 is 9.59 Å². The summed E-state index contributed by atoms with van der Waals surface area (Å²) in [5.41, 5.74) is 0. The summed E-state index contributed by atoms with van der Waals surface area (Å²) >= 11 is 0. The minimum Gasteiger partial charge on any atom is -0.355 e. The molecule has 1 aliphatic heterocycles. The highest BCUT2D eigenvalue weighted by Gasteiger charge is 2.22. The van der Waals surface area contributed by atoms with Crippen LogP contribution in [-0.4, -0.2) is 36.5 Å². The van der Waals surface area contributed by atoms with E-state index in [1.54, 1.807) is 0 Å². The van der Waals surface area contributed by atoms with Crippen molar-refractivity contribution in [3.63, 3.8) is 0 Å². The molecule has 2 unspecified atom stereocenters. The van der Waals surface area contributed by atoms with Gasteiger partial charge in [0.15, 0.2) is 0 Å². The molecule has 104 valence electrons. The molecule has 0 bridgehead atoms. The van der Waals surface area contributed by atoms with Crippen LogP contribution in [-0.2, 0) is 9.59 Å². The Bertz CT molecular complexity index is 280. The van der Waals surface area contributed by atoms with Crippen molar-refractivity contribution in [1.29, 1.82) is 0 Å². The van der Waals surface area contributed by atoms with E-state index in [4.69, 9.17) is 0 Å². The molecule has 0 spiro atoms. The number of hydrogen-bond donors (Lipinski definition) is 3. The van der Waals surface area contributed by atoms with Gasteiger partial charge in [0.1, 0.15) is 0 Å². The minimum atomic E-state index is -0.217. The summed E-state index contributed by atoms with van der Waals surface area (Å²) in [6, 6.07) is 0.239. The normalized spacial score (nSPS) is 21.6. The lowest BCUT2D eigenvalue weighted by Crippen LogP contribution is -2.53. The van der Waals surface area contributed by atoms with Gasteiger partial charge in [-0.1, -0.05) is 13.8 Å². The zero-order valence-corrected chi connectivity index (χ0v) is 11.6. The van der Waals surface area contributed by atoms with Crippen LogP contribution in [0.2, 0.25) is 0 Å². The van der Waals surface area contributed by atoms with Crippen molar-refractivity contribution in [3.8, 4) is 0 Å². The number of nitrogens with one attached hydrogen (secondary N) is 3. The average molecular weight is 255 g/mol. The van der Waals surface area contributed by atoms with E-state index in [0.29, 0.717) is 13.0 Å². The largest absolute Gasteiger partial charge is 0.355 e. The first-order valence-corrected chi connectivity index (χ1v) is 6.89.